The monoisotopic (exact) mass is 291 g/mol. The summed E-state index contributed by atoms with van der Waals surface area (Å²) in [4.78, 5) is 14.3. The standard InChI is InChI=1S/C16H25N3O2/c1-11-4-7-15(21-3)13(8-11)18-16(20)10-19(2)14(9-17)12-5-6-12/h4,7-8,12,14H,5-6,9-10,17H2,1-3H3,(H,18,20). The highest BCUT2D eigenvalue weighted by Crippen LogP contribution is 2.34. The number of hydrogen-bond donors (Lipinski definition) is 2. The Labute approximate surface area is 126 Å². The number of carbonyl (C=O) groups is 1. The Morgan fingerprint density at radius 2 is 2.24 bits per heavy atom. The Kier molecular flexibility index (Phi) is 5.20. The molecule has 0 radical (unpaired) electrons. The zero-order valence-corrected chi connectivity index (χ0v) is 13.1. The molecule has 2 rings (SSSR count). The second-order valence-corrected chi connectivity index (χ2v) is 5.81. The van der Waals surface area contributed by atoms with Crippen LogP contribution in [0.2, 0.25) is 0 Å². The molecule has 1 aromatic carbocycles. The van der Waals surface area contributed by atoms with E-state index in [1.165, 1.54) is 12.8 Å². The lowest BCUT2D eigenvalue weighted by atomic mass is 10.1. The molecule has 5 nitrogen and oxygen atoms in total. The number of benzene rings is 1. The maximum atomic E-state index is 12.2. The van der Waals surface area contributed by atoms with Gasteiger partial charge in [0.05, 0.1) is 19.3 Å². The van der Waals surface area contributed by atoms with Crippen molar-refractivity contribution in [3.05, 3.63) is 23.8 Å². The summed E-state index contributed by atoms with van der Waals surface area (Å²) < 4.78 is 5.27. The van der Waals surface area contributed by atoms with Gasteiger partial charge in [-0.05, 0) is 50.4 Å². The Bertz CT molecular complexity index is 500. The van der Waals surface area contributed by atoms with Crippen LogP contribution in [0.1, 0.15) is 18.4 Å². The highest BCUT2D eigenvalue weighted by atomic mass is 16.5. The number of aryl methyl sites for hydroxylation is 1. The number of nitrogens with one attached hydrogen (secondary N) is 1. The average Bonchev–Trinajstić information content (AvgIpc) is 3.24. The SMILES string of the molecule is COc1ccc(C)cc1NC(=O)CN(C)C(CN)C1CC1. The van der Waals surface area contributed by atoms with Crippen LogP contribution >= 0.6 is 0 Å². The quantitative estimate of drug-likeness (QED) is 0.801. The van der Waals surface area contributed by atoms with Gasteiger partial charge in [-0.3, -0.25) is 9.69 Å². The van der Waals surface area contributed by atoms with Crippen molar-refractivity contribution in [1.29, 1.82) is 0 Å². The minimum Gasteiger partial charge on any atom is -0.495 e. The van der Waals surface area contributed by atoms with E-state index in [-0.39, 0.29) is 5.91 Å². The van der Waals surface area contributed by atoms with Crippen molar-refractivity contribution in [3.8, 4) is 5.75 Å². The number of carbonyl (C=O) groups excluding carboxylic acids is 1. The topological polar surface area (TPSA) is 67.6 Å². The van der Waals surface area contributed by atoms with Gasteiger partial charge in [0.15, 0.2) is 0 Å². The molecule has 0 aliphatic heterocycles. The van der Waals surface area contributed by atoms with Gasteiger partial charge in [-0.1, -0.05) is 6.07 Å². The van der Waals surface area contributed by atoms with Gasteiger partial charge in [-0.2, -0.15) is 0 Å². The third kappa shape index (κ3) is 4.19. The number of rotatable bonds is 7. The molecule has 1 saturated carbocycles. The van der Waals surface area contributed by atoms with Crippen LogP contribution in [0.4, 0.5) is 5.69 Å². The Hall–Kier alpha value is -1.59. The summed E-state index contributed by atoms with van der Waals surface area (Å²) in [7, 11) is 3.56. The zero-order chi connectivity index (χ0) is 15.4. The van der Waals surface area contributed by atoms with Crippen LogP contribution in [0, 0.1) is 12.8 Å². The number of likely N-dealkylation sites (N-methyl/N-ethyl adjacent to an activating group) is 1. The molecule has 1 aliphatic carbocycles. The number of nitrogens with two attached hydrogens (primary N) is 1. The van der Waals surface area contributed by atoms with Gasteiger partial charge in [0.25, 0.3) is 0 Å². The fourth-order valence-corrected chi connectivity index (χ4v) is 2.67. The predicted molar refractivity (Wildman–Crippen MR) is 84.6 cm³/mol. The molecular weight excluding hydrogens is 266 g/mol. The van der Waals surface area contributed by atoms with E-state index in [1.807, 2.05) is 32.2 Å². The average molecular weight is 291 g/mol. The fraction of sp³-hybridized carbons (Fsp3) is 0.562. The number of ether oxygens (including phenoxy) is 1. The Morgan fingerprint density at radius 3 is 2.81 bits per heavy atom. The van der Waals surface area contributed by atoms with Gasteiger partial charge in [-0.15, -0.1) is 0 Å². The van der Waals surface area contributed by atoms with E-state index in [9.17, 15) is 4.79 Å². The summed E-state index contributed by atoms with van der Waals surface area (Å²) in [5.41, 5.74) is 7.61. The zero-order valence-electron chi connectivity index (χ0n) is 13.1. The van der Waals surface area contributed by atoms with Crippen LogP contribution in [0.25, 0.3) is 0 Å². The predicted octanol–water partition coefficient (Wildman–Crippen LogP) is 1.61. The molecule has 1 fully saturated rings. The fourth-order valence-electron chi connectivity index (χ4n) is 2.67. The summed E-state index contributed by atoms with van der Waals surface area (Å²) in [6.45, 7) is 2.93. The van der Waals surface area contributed by atoms with Crippen molar-refractivity contribution < 1.29 is 9.53 Å². The van der Waals surface area contributed by atoms with E-state index in [4.69, 9.17) is 10.5 Å². The van der Waals surface area contributed by atoms with Crippen LogP contribution in [0.15, 0.2) is 18.2 Å². The van der Waals surface area contributed by atoms with Crippen LogP contribution in [-0.2, 0) is 4.79 Å². The number of hydrogen-bond acceptors (Lipinski definition) is 4. The van der Waals surface area contributed by atoms with Crippen LogP contribution < -0.4 is 15.8 Å². The van der Waals surface area contributed by atoms with Gasteiger partial charge in [0, 0.05) is 12.6 Å². The first-order valence-corrected chi connectivity index (χ1v) is 7.40. The molecule has 1 atom stereocenters. The van der Waals surface area contributed by atoms with E-state index in [2.05, 4.69) is 10.2 Å². The first-order valence-electron chi connectivity index (χ1n) is 7.40. The van der Waals surface area contributed by atoms with Gasteiger partial charge in [-0.25, -0.2) is 0 Å². The molecule has 3 N–H and O–H groups in total. The van der Waals surface area contributed by atoms with Crippen LogP contribution in [-0.4, -0.2) is 44.1 Å². The van der Waals surface area contributed by atoms with E-state index in [0.29, 0.717) is 36.5 Å². The molecular formula is C16H25N3O2. The first kappa shape index (κ1) is 15.8. The van der Waals surface area contributed by atoms with Crippen molar-refractivity contribution in [2.75, 3.05) is 32.6 Å². The highest BCUT2D eigenvalue weighted by Gasteiger charge is 2.33. The Morgan fingerprint density at radius 1 is 1.52 bits per heavy atom. The summed E-state index contributed by atoms with van der Waals surface area (Å²) in [6.07, 6.45) is 2.44. The third-order valence-corrected chi connectivity index (χ3v) is 4.00. The molecule has 0 aromatic heterocycles. The second-order valence-electron chi connectivity index (χ2n) is 5.81. The van der Waals surface area contributed by atoms with Crippen LogP contribution in [0.5, 0.6) is 5.75 Å². The van der Waals surface area contributed by atoms with Crippen molar-refractivity contribution in [2.45, 2.75) is 25.8 Å². The summed E-state index contributed by atoms with van der Waals surface area (Å²) in [5.74, 6) is 1.29. The first-order chi connectivity index (χ1) is 10.0. The number of anilines is 1. The summed E-state index contributed by atoms with van der Waals surface area (Å²) in [6, 6.07) is 6.03. The molecule has 0 spiro atoms. The Balaban J connectivity index is 1.96. The maximum Gasteiger partial charge on any atom is 0.238 e. The lowest BCUT2D eigenvalue weighted by Gasteiger charge is -2.26. The van der Waals surface area contributed by atoms with Gasteiger partial charge >= 0.3 is 0 Å². The lowest BCUT2D eigenvalue weighted by molar-refractivity contribution is -0.117. The van der Waals surface area contributed by atoms with Crippen LogP contribution in [0.3, 0.4) is 0 Å². The molecule has 0 heterocycles. The minimum atomic E-state index is -0.0412. The number of nitrogens with zero attached hydrogens (tertiary/aromatic N) is 1. The maximum absolute atomic E-state index is 12.2. The van der Waals surface area contributed by atoms with E-state index >= 15 is 0 Å². The van der Waals surface area contributed by atoms with Gasteiger partial charge in [0.2, 0.25) is 5.91 Å². The summed E-state index contributed by atoms with van der Waals surface area (Å²) >= 11 is 0. The molecule has 0 saturated heterocycles. The molecule has 116 valence electrons. The van der Waals surface area contributed by atoms with E-state index < -0.39 is 0 Å². The van der Waals surface area contributed by atoms with Crippen molar-refractivity contribution in [2.24, 2.45) is 11.7 Å². The van der Waals surface area contributed by atoms with E-state index in [1.54, 1.807) is 7.11 Å². The molecule has 0 bridgehead atoms. The van der Waals surface area contributed by atoms with Crippen molar-refractivity contribution >= 4 is 11.6 Å². The largest absolute Gasteiger partial charge is 0.495 e. The normalized spacial score (nSPS) is 15.9. The lowest BCUT2D eigenvalue weighted by Crippen LogP contribution is -2.43. The van der Waals surface area contributed by atoms with Gasteiger partial charge in [0.1, 0.15) is 5.75 Å². The number of amides is 1. The molecule has 1 amide bonds. The molecule has 1 aromatic rings. The molecule has 21 heavy (non-hydrogen) atoms. The van der Waals surface area contributed by atoms with E-state index in [0.717, 1.165) is 5.56 Å². The highest BCUT2D eigenvalue weighted by molar-refractivity contribution is 5.93. The third-order valence-electron chi connectivity index (χ3n) is 4.00. The van der Waals surface area contributed by atoms with Crippen molar-refractivity contribution in [3.63, 3.8) is 0 Å². The smallest absolute Gasteiger partial charge is 0.238 e. The second kappa shape index (κ2) is 6.91. The number of methoxy groups -OCH3 is 1. The van der Waals surface area contributed by atoms with Gasteiger partial charge < -0.3 is 15.8 Å². The summed E-state index contributed by atoms with van der Waals surface area (Å²) in [5, 5.41) is 2.93. The molecule has 5 heteroatoms. The molecule has 1 aliphatic rings. The minimum absolute atomic E-state index is 0.0412. The molecule has 1 unspecified atom stereocenters. The van der Waals surface area contributed by atoms with Crippen molar-refractivity contribution in [1.82, 2.24) is 4.90 Å².